The van der Waals surface area contributed by atoms with Crippen LogP contribution in [0.3, 0.4) is 0 Å². The summed E-state index contributed by atoms with van der Waals surface area (Å²) in [5.41, 5.74) is 0.886. The zero-order valence-corrected chi connectivity index (χ0v) is 11.4. The van der Waals surface area contributed by atoms with Crippen molar-refractivity contribution < 1.29 is 18.7 Å². The molecule has 0 aliphatic carbocycles. The zero-order chi connectivity index (χ0) is 15.2. The summed E-state index contributed by atoms with van der Waals surface area (Å²) in [6.07, 6.45) is 2.63. The van der Waals surface area contributed by atoms with E-state index in [0.29, 0.717) is 11.1 Å². The molecule has 0 amide bonds. The summed E-state index contributed by atoms with van der Waals surface area (Å²) in [5.74, 6) is -0.994. The van der Waals surface area contributed by atoms with Crippen LogP contribution in [-0.4, -0.2) is 11.8 Å². The Morgan fingerprint density at radius 2 is 1.86 bits per heavy atom. The van der Waals surface area contributed by atoms with E-state index in [1.807, 2.05) is 0 Å². The maximum Gasteiger partial charge on any atom is 0.336 e. The number of carbonyl (C=O) groups is 2. The molecule has 0 bridgehead atoms. The van der Waals surface area contributed by atoms with Gasteiger partial charge in [0.05, 0.1) is 5.56 Å². The Morgan fingerprint density at radius 3 is 2.57 bits per heavy atom. The molecule has 0 N–H and O–H groups in total. The van der Waals surface area contributed by atoms with Crippen molar-refractivity contribution in [2.45, 2.75) is 6.92 Å². The predicted octanol–water partition coefficient (Wildman–Crippen LogP) is 3.65. The molecule has 2 rings (SSSR count). The van der Waals surface area contributed by atoms with E-state index in [1.54, 1.807) is 36.4 Å². The maximum absolute atomic E-state index is 13.0. The fourth-order valence-corrected chi connectivity index (χ4v) is 1.76. The van der Waals surface area contributed by atoms with Crippen LogP contribution in [0.25, 0.3) is 6.08 Å². The topological polar surface area (TPSA) is 43.4 Å². The Kier molecular flexibility index (Phi) is 4.61. The fourth-order valence-electron chi connectivity index (χ4n) is 1.76. The molecule has 0 atom stereocenters. The highest BCUT2D eigenvalue weighted by atomic mass is 19.1. The van der Waals surface area contributed by atoms with Crippen molar-refractivity contribution in [1.29, 1.82) is 0 Å². The van der Waals surface area contributed by atoms with Gasteiger partial charge in [0.25, 0.3) is 0 Å². The van der Waals surface area contributed by atoms with E-state index in [9.17, 15) is 14.0 Å². The van der Waals surface area contributed by atoms with Crippen molar-refractivity contribution in [2.24, 2.45) is 0 Å². The van der Waals surface area contributed by atoms with Gasteiger partial charge in [0, 0.05) is 6.08 Å². The summed E-state index contributed by atoms with van der Waals surface area (Å²) < 4.78 is 18.1. The minimum Gasteiger partial charge on any atom is -0.423 e. The van der Waals surface area contributed by atoms with Gasteiger partial charge < -0.3 is 4.74 Å². The summed E-state index contributed by atoms with van der Waals surface area (Å²) in [6, 6.07) is 12.3. The Bertz CT molecular complexity index is 705. The van der Waals surface area contributed by atoms with Crippen LogP contribution in [-0.2, 0) is 4.79 Å². The van der Waals surface area contributed by atoms with E-state index in [-0.39, 0.29) is 17.3 Å². The highest BCUT2D eigenvalue weighted by Crippen LogP contribution is 2.18. The third kappa shape index (κ3) is 4.11. The molecule has 0 spiro atoms. The van der Waals surface area contributed by atoms with Crippen molar-refractivity contribution >= 4 is 17.8 Å². The number of para-hydroxylation sites is 1. The molecule has 2 aromatic carbocycles. The lowest BCUT2D eigenvalue weighted by Gasteiger charge is -2.05. The molecule has 0 unspecified atom stereocenters. The minimum absolute atomic E-state index is 0.187. The minimum atomic E-state index is -0.632. The van der Waals surface area contributed by atoms with Crippen LogP contribution in [0.4, 0.5) is 4.39 Å². The van der Waals surface area contributed by atoms with Crippen LogP contribution in [0.2, 0.25) is 0 Å². The van der Waals surface area contributed by atoms with Crippen molar-refractivity contribution in [3.8, 4) is 5.75 Å². The van der Waals surface area contributed by atoms with Gasteiger partial charge in [-0.1, -0.05) is 24.3 Å². The van der Waals surface area contributed by atoms with Gasteiger partial charge in [-0.05, 0) is 42.8 Å². The van der Waals surface area contributed by atoms with E-state index >= 15 is 0 Å². The average Bonchev–Trinajstić information content (AvgIpc) is 2.45. The van der Waals surface area contributed by atoms with Crippen LogP contribution in [0.1, 0.15) is 22.8 Å². The second-order valence-corrected chi connectivity index (χ2v) is 4.36. The molecule has 0 saturated heterocycles. The summed E-state index contributed by atoms with van der Waals surface area (Å²) >= 11 is 0. The van der Waals surface area contributed by atoms with Crippen molar-refractivity contribution in [1.82, 2.24) is 0 Å². The molecule has 4 heteroatoms. The molecule has 0 fully saturated rings. The smallest absolute Gasteiger partial charge is 0.336 e. The molecule has 0 aromatic heterocycles. The third-order valence-electron chi connectivity index (χ3n) is 2.74. The van der Waals surface area contributed by atoms with Crippen molar-refractivity contribution in [3.05, 3.63) is 71.6 Å². The van der Waals surface area contributed by atoms with Gasteiger partial charge in [0.2, 0.25) is 0 Å². The number of rotatable bonds is 4. The SMILES string of the molecule is CC(=O)c1ccccc1OC(=O)/C=C/c1cccc(F)c1. The number of carbonyl (C=O) groups excluding carboxylic acids is 2. The monoisotopic (exact) mass is 284 g/mol. The first-order valence-corrected chi connectivity index (χ1v) is 6.31. The number of Topliss-reactive ketones (excluding diaryl/α,β-unsaturated/α-hetero) is 1. The van der Waals surface area contributed by atoms with E-state index in [4.69, 9.17) is 4.74 Å². The van der Waals surface area contributed by atoms with Gasteiger partial charge in [-0.3, -0.25) is 4.79 Å². The standard InChI is InChI=1S/C17H13FO3/c1-12(19)15-7-2-3-8-16(15)21-17(20)10-9-13-5-4-6-14(18)11-13/h2-11H,1H3/b10-9+. The highest BCUT2D eigenvalue weighted by molar-refractivity contribution is 5.98. The summed E-state index contributed by atoms with van der Waals surface area (Å²) in [5, 5.41) is 0. The summed E-state index contributed by atoms with van der Waals surface area (Å²) in [6.45, 7) is 1.40. The normalized spacial score (nSPS) is 10.6. The number of halogens is 1. The van der Waals surface area contributed by atoms with Gasteiger partial charge in [0.1, 0.15) is 11.6 Å². The lowest BCUT2D eigenvalue weighted by atomic mass is 10.1. The second kappa shape index (κ2) is 6.61. The van der Waals surface area contributed by atoms with Gasteiger partial charge >= 0.3 is 5.97 Å². The van der Waals surface area contributed by atoms with Gasteiger partial charge in [0.15, 0.2) is 5.78 Å². The first kappa shape index (κ1) is 14.7. The lowest BCUT2D eigenvalue weighted by Crippen LogP contribution is -2.07. The first-order valence-electron chi connectivity index (χ1n) is 6.31. The first-order chi connectivity index (χ1) is 10.1. The fraction of sp³-hybridized carbons (Fsp3) is 0.0588. The van der Waals surface area contributed by atoms with Gasteiger partial charge in [-0.15, -0.1) is 0 Å². The molecular formula is C17H13FO3. The van der Waals surface area contributed by atoms with E-state index in [0.717, 1.165) is 0 Å². The quantitative estimate of drug-likeness (QED) is 0.372. The van der Waals surface area contributed by atoms with Gasteiger partial charge in [-0.2, -0.15) is 0 Å². The van der Waals surface area contributed by atoms with Crippen molar-refractivity contribution in [3.63, 3.8) is 0 Å². The Labute approximate surface area is 121 Å². The van der Waals surface area contributed by atoms with Crippen LogP contribution < -0.4 is 4.74 Å². The van der Waals surface area contributed by atoms with Crippen LogP contribution in [0.15, 0.2) is 54.6 Å². The molecule has 0 aliphatic heterocycles. The highest BCUT2D eigenvalue weighted by Gasteiger charge is 2.09. The number of ether oxygens (including phenoxy) is 1. The largest absolute Gasteiger partial charge is 0.423 e. The zero-order valence-electron chi connectivity index (χ0n) is 11.4. The predicted molar refractivity (Wildman–Crippen MR) is 77.5 cm³/mol. The molecule has 0 heterocycles. The number of benzene rings is 2. The molecule has 3 nitrogen and oxygen atoms in total. The molecular weight excluding hydrogens is 271 g/mol. The molecule has 0 aliphatic rings. The molecule has 21 heavy (non-hydrogen) atoms. The van der Waals surface area contributed by atoms with Crippen LogP contribution in [0, 0.1) is 5.82 Å². The van der Waals surface area contributed by atoms with E-state index in [1.165, 1.54) is 31.2 Å². The number of hydrogen-bond donors (Lipinski definition) is 0. The lowest BCUT2D eigenvalue weighted by molar-refractivity contribution is -0.128. The van der Waals surface area contributed by atoms with Crippen LogP contribution >= 0.6 is 0 Å². The van der Waals surface area contributed by atoms with Gasteiger partial charge in [-0.25, -0.2) is 9.18 Å². The average molecular weight is 284 g/mol. The third-order valence-corrected chi connectivity index (χ3v) is 2.74. The van der Waals surface area contributed by atoms with E-state index < -0.39 is 5.97 Å². The molecule has 0 saturated carbocycles. The molecule has 2 aromatic rings. The molecule has 106 valence electrons. The Balaban J connectivity index is 2.10. The van der Waals surface area contributed by atoms with Crippen molar-refractivity contribution in [2.75, 3.05) is 0 Å². The van der Waals surface area contributed by atoms with Crippen LogP contribution in [0.5, 0.6) is 5.75 Å². The number of ketones is 1. The maximum atomic E-state index is 13.0. The molecule has 0 radical (unpaired) electrons. The summed E-state index contributed by atoms with van der Waals surface area (Å²) in [7, 11) is 0. The number of hydrogen-bond acceptors (Lipinski definition) is 3. The Hall–Kier alpha value is -2.75. The van der Waals surface area contributed by atoms with E-state index in [2.05, 4.69) is 0 Å². The second-order valence-electron chi connectivity index (χ2n) is 4.36. The number of esters is 1. The Morgan fingerprint density at radius 1 is 1.10 bits per heavy atom. The summed E-state index contributed by atoms with van der Waals surface area (Å²) in [4.78, 5) is 23.1.